The van der Waals surface area contributed by atoms with Crippen LogP contribution in [0.2, 0.25) is 0 Å². The molecular formula is C24H30N4O3S. The molecule has 32 heavy (non-hydrogen) atoms. The Kier molecular flexibility index (Phi) is 7.42. The fourth-order valence-corrected chi connectivity index (χ4v) is 4.89. The summed E-state index contributed by atoms with van der Waals surface area (Å²) in [4.78, 5) is 41.7. The molecule has 2 aromatic rings. The highest BCUT2D eigenvalue weighted by molar-refractivity contribution is 7.12. The molecule has 1 aliphatic carbocycles. The number of benzene rings is 1. The van der Waals surface area contributed by atoms with Gasteiger partial charge in [0.15, 0.2) is 0 Å². The van der Waals surface area contributed by atoms with Crippen LogP contribution in [0.4, 0.5) is 4.79 Å². The Morgan fingerprint density at radius 2 is 1.59 bits per heavy atom. The van der Waals surface area contributed by atoms with Gasteiger partial charge in [-0.1, -0.05) is 37.5 Å². The zero-order valence-electron chi connectivity index (χ0n) is 18.2. The molecule has 4 amide bonds. The normalized spacial score (nSPS) is 17.1. The SMILES string of the molecule is O=C(NCc1ccc(C(=O)N2CCN(C(=O)NC3CCCCC3)CC2)cc1)c1cccs1. The summed E-state index contributed by atoms with van der Waals surface area (Å²) in [6.07, 6.45) is 5.77. The topological polar surface area (TPSA) is 81.8 Å². The lowest BCUT2D eigenvalue weighted by molar-refractivity contribution is 0.0662. The Bertz CT molecular complexity index is 915. The van der Waals surface area contributed by atoms with Crippen molar-refractivity contribution < 1.29 is 14.4 Å². The molecule has 0 unspecified atom stereocenters. The molecule has 8 heteroatoms. The van der Waals surface area contributed by atoms with E-state index in [1.807, 2.05) is 28.5 Å². The number of carbonyl (C=O) groups is 3. The van der Waals surface area contributed by atoms with E-state index < -0.39 is 0 Å². The highest BCUT2D eigenvalue weighted by atomic mass is 32.1. The third-order valence-corrected chi connectivity index (χ3v) is 7.05. The van der Waals surface area contributed by atoms with E-state index in [1.54, 1.807) is 23.1 Å². The average Bonchev–Trinajstić information content (AvgIpc) is 3.38. The summed E-state index contributed by atoms with van der Waals surface area (Å²) in [6.45, 7) is 2.60. The molecule has 1 aromatic heterocycles. The maximum Gasteiger partial charge on any atom is 0.317 e. The maximum absolute atomic E-state index is 12.9. The maximum atomic E-state index is 12.9. The van der Waals surface area contributed by atoms with E-state index in [1.165, 1.54) is 30.6 Å². The molecule has 2 aliphatic rings. The van der Waals surface area contributed by atoms with Crippen molar-refractivity contribution in [3.8, 4) is 0 Å². The van der Waals surface area contributed by atoms with Crippen LogP contribution in [-0.2, 0) is 6.54 Å². The number of hydrogen-bond donors (Lipinski definition) is 2. The van der Waals surface area contributed by atoms with Gasteiger partial charge < -0.3 is 20.4 Å². The van der Waals surface area contributed by atoms with E-state index in [0.717, 1.165) is 18.4 Å². The van der Waals surface area contributed by atoms with Crippen LogP contribution < -0.4 is 10.6 Å². The van der Waals surface area contributed by atoms with Crippen LogP contribution in [0.25, 0.3) is 0 Å². The summed E-state index contributed by atoms with van der Waals surface area (Å²) < 4.78 is 0. The van der Waals surface area contributed by atoms with E-state index in [9.17, 15) is 14.4 Å². The van der Waals surface area contributed by atoms with Gasteiger partial charge in [-0.2, -0.15) is 0 Å². The zero-order chi connectivity index (χ0) is 22.3. The van der Waals surface area contributed by atoms with Gasteiger partial charge in [0.05, 0.1) is 4.88 Å². The molecule has 0 radical (unpaired) electrons. The van der Waals surface area contributed by atoms with E-state index in [2.05, 4.69) is 10.6 Å². The number of hydrogen-bond acceptors (Lipinski definition) is 4. The van der Waals surface area contributed by atoms with Gasteiger partial charge >= 0.3 is 6.03 Å². The van der Waals surface area contributed by atoms with Crippen molar-refractivity contribution in [1.82, 2.24) is 20.4 Å². The van der Waals surface area contributed by atoms with Gasteiger partial charge in [-0.05, 0) is 42.0 Å². The number of rotatable bonds is 5. The second-order valence-corrected chi connectivity index (χ2v) is 9.37. The number of thiophene rings is 1. The molecule has 1 aromatic carbocycles. The van der Waals surface area contributed by atoms with Crippen molar-refractivity contribution >= 4 is 29.2 Å². The largest absolute Gasteiger partial charge is 0.347 e. The quantitative estimate of drug-likeness (QED) is 0.726. The minimum atomic E-state index is -0.0921. The minimum absolute atomic E-state index is 0.00190. The lowest BCUT2D eigenvalue weighted by Crippen LogP contribution is -2.54. The van der Waals surface area contributed by atoms with Crippen molar-refractivity contribution in [2.24, 2.45) is 0 Å². The molecule has 7 nitrogen and oxygen atoms in total. The van der Waals surface area contributed by atoms with Crippen LogP contribution in [0.5, 0.6) is 0 Å². The van der Waals surface area contributed by atoms with Gasteiger partial charge in [-0.3, -0.25) is 9.59 Å². The Labute approximate surface area is 192 Å². The van der Waals surface area contributed by atoms with Crippen molar-refractivity contribution in [2.75, 3.05) is 26.2 Å². The van der Waals surface area contributed by atoms with Gasteiger partial charge in [-0.25, -0.2) is 4.79 Å². The molecule has 2 fully saturated rings. The minimum Gasteiger partial charge on any atom is -0.347 e. The molecule has 0 atom stereocenters. The lowest BCUT2D eigenvalue weighted by atomic mass is 9.96. The van der Waals surface area contributed by atoms with Crippen molar-refractivity contribution in [3.05, 3.63) is 57.8 Å². The molecule has 0 spiro atoms. The molecular weight excluding hydrogens is 424 g/mol. The van der Waals surface area contributed by atoms with Gasteiger partial charge in [0.2, 0.25) is 0 Å². The monoisotopic (exact) mass is 454 g/mol. The van der Waals surface area contributed by atoms with E-state index >= 15 is 0 Å². The smallest absolute Gasteiger partial charge is 0.317 e. The fourth-order valence-electron chi connectivity index (χ4n) is 4.25. The summed E-state index contributed by atoms with van der Waals surface area (Å²) in [7, 11) is 0. The Balaban J connectivity index is 1.23. The van der Waals surface area contributed by atoms with Gasteiger partial charge in [0, 0.05) is 44.3 Å². The van der Waals surface area contributed by atoms with Crippen molar-refractivity contribution in [1.29, 1.82) is 0 Å². The first-order valence-electron chi connectivity index (χ1n) is 11.4. The molecule has 0 bridgehead atoms. The average molecular weight is 455 g/mol. The predicted octanol–water partition coefficient (Wildman–Crippen LogP) is 3.48. The zero-order valence-corrected chi connectivity index (χ0v) is 19.0. The van der Waals surface area contributed by atoms with Gasteiger partial charge in [-0.15, -0.1) is 11.3 Å². The number of carbonyl (C=O) groups excluding carboxylic acids is 3. The van der Waals surface area contributed by atoms with E-state index in [0.29, 0.717) is 49.2 Å². The predicted molar refractivity (Wildman–Crippen MR) is 125 cm³/mol. The Hall–Kier alpha value is -2.87. The summed E-state index contributed by atoms with van der Waals surface area (Å²) in [6, 6.07) is 11.3. The Morgan fingerprint density at radius 1 is 0.906 bits per heavy atom. The first-order valence-corrected chi connectivity index (χ1v) is 12.2. The van der Waals surface area contributed by atoms with Crippen molar-refractivity contribution in [3.63, 3.8) is 0 Å². The van der Waals surface area contributed by atoms with Crippen LogP contribution >= 0.6 is 11.3 Å². The molecule has 1 saturated heterocycles. The second-order valence-electron chi connectivity index (χ2n) is 8.42. The van der Waals surface area contributed by atoms with Gasteiger partial charge in [0.25, 0.3) is 11.8 Å². The third kappa shape index (κ3) is 5.68. The van der Waals surface area contributed by atoms with Crippen LogP contribution in [0.15, 0.2) is 41.8 Å². The highest BCUT2D eigenvalue weighted by Crippen LogP contribution is 2.18. The first-order chi connectivity index (χ1) is 15.6. The van der Waals surface area contributed by atoms with Crippen LogP contribution in [-0.4, -0.2) is 59.9 Å². The molecule has 1 saturated carbocycles. The number of nitrogens with one attached hydrogen (secondary N) is 2. The Morgan fingerprint density at radius 3 is 2.25 bits per heavy atom. The summed E-state index contributed by atoms with van der Waals surface area (Å²) >= 11 is 1.41. The molecule has 1 aliphatic heterocycles. The van der Waals surface area contributed by atoms with Crippen LogP contribution in [0.3, 0.4) is 0 Å². The van der Waals surface area contributed by atoms with Crippen LogP contribution in [0.1, 0.15) is 57.7 Å². The summed E-state index contributed by atoms with van der Waals surface area (Å²) in [5.41, 5.74) is 1.56. The second kappa shape index (κ2) is 10.6. The van der Waals surface area contributed by atoms with E-state index in [4.69, 9.17) is 0 Å². The highest BCUT2D eigenvalue weighted by Gasteiger charge is 2.26. The molecule has 2 heterocycles. The molecule has 4 rings (SSSR count). The standard InChI is InChI=1S/C24H30N4O3S/c29-22(21-7-4-16-32-21)25-17-18-8-10-19(11-9-18)23(30)27-12-14-28(15-13-27)24(31)26-20-5-2-1-3-6-20/h4,7-11,16,20H,1-3,5-6,12-15,17H2,(H,25,29)(H,26,31). The number of urea groups is 1. The number of nitrogens with zero attached hydrogens (tertiary/aromatic N) is 2. The lowest BCUT2D eigenvalue weighted by Gasteiger charge is -2.36. The number of amides is 4. The van der Waals surface area contributed by atoms with Gasteiger partial charge in [0.1, 0.15) is 0 Å². The summed E-state index contributed by atoms with van der Waals surface area (Å²) in [5, 5.41) is 7.92. The molecule has 2 N–H and O–H groups in total. The fraction of sp³-hybridized carbons (Fsp3) is 0.458. The van der Waals surface area contributed by atoms with Crippen LogP contribution in [0, 0.1) is 0 Å². The molecule has 170 valence electrons. The summed E-state index contributed by atoms with van der Waals surface area (Å²) in [5.74, 6) is -0.114. The number of piperazine rings is 1. The third-order valence-electron chi connectivity index (χ3n) is 6.19. The van der Waals surface area contributed by atoms with Crippen molar-refractivity contribution in [2.45, 2.75) is 44.7 Å². The first kappa shape index (κ1) is 22.3. The van der Waals surface area contributed by atoms with E-state index in [-0.39, 0.29) is 17.8 Å².